The Hall–Kier alpha value is -1.87. The van der Waals surface area contributed by atoms with E-state index >= 15 is 0 Å². The van der Waals surface area contributed by atoms with Crippen LogP contribution in [0.2, 0.25) is 0 Å². The number of esters is 1. The number of piperidine rings is 1. The van der Waals surface area contributed by atoms with Crippen LogP contribution in [0.3, 0.4) is 0 Å². The van der Waals surface area contributed by atoms with Crippen LogP contribution < -0.4 is 4.90 Å². The van der Waals surface area contributed by atoms with Crippen molar-refractivity contribution < 1.29 is 14.6 Å². The first-order chi connectivity index (χ1) is 13.1. The number of hydrogen-bond donors (Lipinski definition) is 1. The van der Waals surface area contributed by atoms with E-state index in [1.807, 2.05) is 0 Å². The molecule has 0 saturated carbocycles. The molecular weight excluding hydrogens is 366 g/mol. The minimum Gasteiger partial charge on any atom is -0.464 e. The summed E-state index contributed by atoms with van der Waals surface area (Å²) in [6.45, 7) is 6.16. The summed E-state index contributed by atoms with van der Waals surface area (Å²) in [5, 5.41) is 10.7. The first kappa shape index (κ1) is 18.5. The number of carbonyl (C=O) groups excluding carboxylic acids is 1. The number of anilines is 1. The standard InChI is InChI=1S/C18H25N5O3S/c1-3-26-17(25)18(9-27-8-13(18)24)23-11-21-14-15(19-10-20-16(14)23)22-6-4-12(2)5-7-22/h10-13,24H,3-9H2,1-2H3. The molecule has 2 saturated heterocycles. The SMILES string of the molecule is CCOC(=O)C1(n2cnc3c(N4CCC(C)CC4)ncnc32)CSCC1O. The molecule has 4 heterocycles. The Morgan fingerprint density at radius 2 is 2.15 bits per heavy atom. The van der Waals surface area contributed by atoms with Gasteiger partial charge in [0.25, 0.3) is 0 Å². The maximum atomic E-state index is 12.8. The van der Waals surface area contributed by atoms with Gasteiger partial charge in [-0.2, -0.15) is 11.8 Å². The Balaban J connectivity index is 1.79. The van der Waals surface area contributed by atoms with Crippen molar-refractivity contribution in [1.29, 1.82) is 0 Å². The number of aromatic nitrogens is 4. The van der Waals surface area contributed by atoms with E-state index in [4.69, 9.17) is 4.74 Å². The highest BCUT2D eigenvalue weighted by Gasteiger charge is 2.53. The third-order valence-corrected chi connectivity index (χ3v) is 6.80. The molecule has 2 aromatic heterocycles. The van der Waals surface area contributed by atoms with E-state index in [0.29, 0.717) is 28.6 Å². The molecule has 146 valence electrons. The highest BCUT2D eigenvalue weighted by molar-refractivity contribution is 7.99. The lowest BCUT2D eigenvalue weighted by Gasteiger charge is -2.32. The fourth-order valence-electron chi connectivity index (χ4n) is 3.91. The van der Waals surface area contributed by atoms with Crippen LogP contribution in [0.15, 0.2) is 12.7 Å². The quantitative estimate of drug-likeness (QED) is 0.783. The van der Waals surface area contributed by atoms with Gasteiger partial charge in [0.15, 0.2) is 22.5 Å². The Kier molecular flexibility index (Phi) is 4.98. The normalized spacial score (nSPS) is 26.6. The maximum absolute atomic E-state index is 12.8. The summed E-state index contributed by atoms with van der Waals surface area (Å²) in [6.07, 6.45) is 4.50. The number of carbonyl (C=O) groups is 1. The van der Waals surface area contributed by atoms with E-state index in [1.165, 1.54) is 18.1 Å². The molecule has 2 aromatic rings. The molecule has 0 radical (unpaired) electrons. The summed E-state index contributed by atoms with van der Waals surface area (Å²) >= 11 is 1.53. The van der Waals surface area contributed by atoms with Gasteiger partial charge in [0.2, 0.25) is 0 Å². The summed E-state index contributed by atoms with van der Waals surface area (Å²) in [4.78, 5) is 28.5. The second kappa shape index (κ2) is 7.27. The van der Waals surface area contributed by atoms with E-state index in [0.717, 1.165) is 31.7 Å². The second-order valence-corrected chi connectivity index (χ2v) is 8.36. The molecule has 1 N–H and O–H groups in total. The molecule has 4 rings (SSSR count). The topological polar surface area (TPSA) is 93.4 Å². The zero-order chi connectivity index (χ0) is 19.0. The zero-order valence-electron chi connectivity index (χ0n) is 15.7. The van der Waals surface area contributed by atoms with Crippen LogP contribution in [-0.2, 0) is 15.1 Å². The first-order valence-electron chi connectivity index (χ1n) is 9.44. The van der Waals surface area contributed by atoms with Crippen LogP contribution in [0, 0.1) is 5.92 Å². The van der Waals surface area contributed by atoms with Crippen molar-refractivity contribution in [3.63, 3.8) is 0 Å². The van der Waals surface area contributed by atoms with Gasteiger partial charge < -0.3 is 14.7 Å². The van der Waals surface area contributed by atoms with E-state index < -0.39 is 17.6 Å². The highest BCUT2D eigenvalue weighted by Crippen LogP contribution is 2.39. The van der Waals surface area contributed by atoms with E-state index in [1.54, 1.807) is 17.8 Å². The van der Waals surface area contributed by atoms with Crippen molar-refractivity contribution in [1.82, 2.24) is 19.5 Å². The van der Waals surface area contributed by atoms with Crippen LogP contribution in [-0.4, -0.2) is 67.9 Å². The number of imidazole rings is 1. The molecule has 0 bridgehead atoms. The van der Waals surface area contributed by atoms with Crippen LogP contribution in [0.4, 0.5) is 5.82 Å². The lowest BCUT2D eigenvalue weighted by atomic mass is 9.95. The van der Waals surface area contributed by atoms with Gasteiger partial charge in [-0.3, -0.25) is 4.57 Å². The van der Waals surface area contributed by atoms with Crippen molar-refractivity contribution in [3.8, 4) is 0 Å². The molecule has 2 atom stereocenters. The van der Waals surface area contributed by atoms with Crippen LogP contribution >= 0.6 is 11.8 Å². The number of thioether (sulfide) groups is 1. The summed E-state index contributed by atoms with van der Waals surface area (Å²) in [7, 11) is 0. The Bertz CT molecular complexity index is 836. The number of rotatable bonds is 4. The lowest BCUT2D eigenvalue weighted by Crippen LogP contribution is -2.51. The predicted octanol–water partition coefficient (Wildman–Crippen LogP) is 1.43. The molecular formula is C18H25N5O3S. The van der Waals surface area contributed by atoms with Crippen molar-refractivity contribution >= 4 is 34.7 Å². The summed E-state index contributed by atoms with van der Waals surface area (Å²) in [6, 6.07) is 0. The smallest absolute Gasteiger partial charge is 0.336 e. The highest BCUT2D eigenvalue weighted by atomic mass is 32.2. The van der Waals surface area contributed by atoms with E-state index in [9.17, 15) is 9.90 Å². The lowest BCUT2D eigenvalue weighted by molar-refractivity contribution is -0.157. The number of hydrogen-bond acceptors (Lipinski definition) is 8. The average Bonchev–Trinajstić information content (AvgIpc) is 3.26. The van der Waals surface area contributed by atoms with Gasteiger partial charge in [-0.15, -0.1) is 0 Å². The third-order valence-electron chi connectivity index (χ3n) is 5.61. The molecule has 2 aliphatic rings. The summed E-state index contributed by atoms with van der Waals surface area (Å²) in [5.41, 5.74) is 0.0327. The molecule has 9 heteroatoms. The Labute approximate surface area is 162 Å². The molecule has 2 aliphatic heterocycles. The molecule has 0 spiro atoms. The molecule has 2 fully saturated rings. The van der Waals surface area contributed by atoms with Crippen molar-refractivity contribution in [2.45, 2.75) is 38.3 Å². The number of aliphatic hydroxyl groups is 1. The number of nitrogens with zero attached hydrogens (tertiary/aromatic N) is 5. The van der Waals surface area contributed by atoms with Crippen LogP contribution in [0.5, 0.6) is 0 Å². The molecule has 0 aliphatic carbocycles. The fourth-order valence-corrected chi connectivity index (χ4v) is 5.28. The second-order valence-electron chi connectivity index (χ2n) is 7.33. The van der Waals surface area contributed by atoms with E-state index in [-0.39, 0.29) is 6.61 Å². The molecule has 0 aromatic carbocycles. The molecule has 27 heavy (non-hydrogen) atoms. The largest absolute Gasteiger partial charge is 0.464 e. The monoisotopic (exact) mass is 391 g/mol. The van der Waals surface area contributed by atoms with E-state index in [2.05, 4.69) is 26.8 Å². The Morgan fingerprint density at radius 1 is 1.37 bits per heavy atom. The minimum atomic E-state index is -1.20. The first-order valence-corrected chi connectivity index (χ1v) is 10.6. The number of ether oxygens (including phenoxy) is 1. The number of aliphatic hydroxyl groups excluding tert-OH is 1. The van der Waals surface area contributed by atoms with Gasteiger partial charge in [-0.25, -0.2) is 19.7 Å². The average molecular weight is 391 g/mol. The number of fused-ring (bicyclic) bond motifs is 1. The molecule has 0 amide bonds. The van der Waals surface area contributed by atoms with Crippen molar-refractivity contribution in [3.05, 3.63) is 12.7 Å². The minimum absolute atomic E-state index is 0.261. The maximum Gasteiger partial charge on any atom is 0.336 e. The summed E-state index contributed by atoms with van der Waals surface area (Å²) in [5.74, 6) is 1.98. The van der Waals surface area contributed by atoms with Gasteiger partial charge in [0.1, 0.15) is 6.33 Å². The summed E-state index contributed by atoms with van der Waals surface area (Å²) < 4.78 is 7.01. The van der Waals surface area contributed by atoms with Crippen molar-refractivity contribution in [2.24, 2.45) is 5.92 Å². The molecule has 2 unspecified atom stereocenters. The fraction of sp³-hybridized carbons (Fsp3) is 0.667. The van der Waals surface area contributed by atoms with Gasteiger partial charge in [-0.1, -0.05) is 6.92 Å². The third kappa shape index (κ3) is 2.97. The van der Waals surface area contributed by atoms with Gasteiger partial charge in [-0.05, 0) is 25.7 Å². The zero-order valence-corrected chi connectivity index (χ0v) is 16.5. The Morgan fingerprint density at radius 3 is 2.81 bits per heavy atom. The van der Waals surface area contributed by atoms with Gasteiger partial charge >= 0.3 is 5.97 Å². The van der Waals surface area contributed by atoms with Gasteiger partial charge in [0, 0.05) is 24.6 Å². The van der Waals surface area contributed by atoms with Crippen LogP contribution in [0.25, 0.3) is 11.2 Å². The predicted molar refractivity (Wildman–Crippen MR) is 104 cm³/mol. The van der Waals surface area contributed by atoms with Crippen LogP contribution in [0.1, 0.15) is 26.7 Å². The van der Waals surface area contributed by atoms with Gasteiger partial charge in [0.05, 0.1) is 19.0 Å². The molecule has 8 nitrogen and oxygen atoms in total. The van der Waals surface area contributed by atoms with Crippen molar-refractivity contribution in [2.75, 3.05) is 36.1 Å².